The molecule has 4 aromatic rings. The molecule has 0 aliphatic rings. The molecule has 0 spiro atoms. The monoisotopic (exact) mass is 361 g/mol. The first-order valence-electron chi connectivity index (χ1n) is 10.2. The van der Waals surface area contributed by atoms with Gasteiger partial charge in [0.2, 0.25) is 0 Å². The lowest BCUT2D eigenvalue weighted by Gasteiger charge is -2.45. The summed E-state index contributed by atoms with van der Waals surface area (Å²) in [6, 6.07) is 40.0. The predicted octanol–water partition coefficient (Wildman–Crippen LogP) is 3.93. The van der Waals surface area contributed by atoms with Gasteiger partial charge in [-0.1, -0.05) is 127 Å². The summed E-state index contributed by atoms with van der Waals surface area (Å²) in [7, 11) is 0. The summed E-state index contributed by atoms with van der Waals surface area (Å²) in [5, 5.41) is 0. The lowest BCUT2D eigenvalue weighted by Crippen LogP contribution is -2.75. The molecule has 0 unspecified atom stereocenters. The van der Waals surface area contributed by atoms with Gasteiger partial charge in [-0.3, -0.25) is 0 Å². The van der Waals surface area contributed by atoms with Crippen LogP contribution in [0.25, 0.3) is 0 Å². The zero-order valence-electron chi connectivity index (χ0n) is 16.7. The van der Waals surface area contributed by atoms with E-state index in [0.29, 0.717) is 0 Å². The highest BCUT2D eigenvalue weighted by Crippen LogP contribution is 2.14. The van der Waals surface area contributed by atoms with Crippen LogP contribution in [0.3, 0.4) is 0 Å². The molecule has 0 bridgehead atoms. The fraction of sp³-hybridized carbons (Fsp3) is 0.111. The molecule has 1 heteroatoms. The fourth-order valence-corrected chi connectivity index (χ4v) is 4.80. The highest BCUT2D eigenvalue weighted by Gasteiger charge is 2.32. The smallest absolute Gasteiger partial charge is 0.108 e. The van der Waals surface area contributed by atoms with E-state index in [2.05, 4.69) is 123 Å². The second kappa shape index (κ2) is 7.90. The van der Waals surface area contributed by atoms with Gasteiger partial charge in [0, 0.05) is 0 Å². The minimum atomic E-state index is -1.26. The molecule has 0 atom stereocenters. The van der Waals surface area contributed by atoms with E-state index < -0.39 is 6.15 Å². The minimum Gasteiger partial charge on any atom is -0.195 e. The quantitative estimate of drug-likeness (QED) is 0.473. The third kappa shape index (κ3) is 3.08. The van der Waals surface area contributed by atoms with E-state index in [0.717, 1.165) is 6.42 Å². The highest BCUT2D eigenvalue weighted by atomic mass is 14.1. The van der Waals surface area contributed by atoms with E-state index in [-0.39, 0.29) is 0 Å². The molecule has 0 radical (unpaired) electrons. The molecule has 0 saturated carbocycles. The van der Waals surface area contributed by atoms with Crippen LogP contribution in [0, 0.1) is 6.92 Å². The molecule has 0 fully saturated rings. The summed E-state index contributed by atoms with van der Waals surface area (Å²) in [6.07, 6.45) is -0.243. The lowest BCUT2D eigenvalue weighted by molar-refractivity contribution is 1.14. The Hall–Kier alpha value is -3.06. The molecule has 0 N–H and O–H groups in total. The Labute approximate surface area is 168 Å². The Kier molecular flexibility index (Phi) is 5.17. The topological polar surface area (TPSA) is 0 Å². The summed E-state index contributed by atoms with van der Waals surface area (Å²) in [6.45, 7) is 4.45. The molecule has 0 aliphatic carbocycles. The summed E-state index contributed by atoms with van der Waals surface area (Å²) < 4.78 is 0. The van der Waals surface area contributed by atoms with E-state index in [1.165, 1.54) is 33.0 Å². The summed E-state index contributed by atoms with van der Waals surface area (Å²) in [5.41, 5.74) is 8.25. The van der Waals surface area contributed by atoms with Crippen LogP contribution in [-0.2, 0) is 6.42 Å². The van der Waals surface area contributed by atoms with Crippen LogP contribution >= 0.6 is 0 Å². The molecule has 28 heavy (non-hydrogen) atoms. The molecule has 4 rings (SSSR count). The molecule has 0 aliphatic heterocycles. The van der Waals surface area contributed by atoms with E-state index >= 15 is 0 Å². The van der Waals surface area contributed by atoms with Gasteiger partial charge < -0.3 is 0 Å². The zero-order chi connectivity index (χ0) is 19.4. The largest absolute Gasteiger partial charge is 0.195 e. The third-order valence-electron chi connectivity index (χ3n) is 6.04. The van der Waals surface area contributed by atoms with Crippen molar-refractivity contribution in [2.24, 2.45) is 0 Å². The SMILES string of the molecule is CCc1cc(C)ccc1[B-](c1ccccc1)(c1ccccc1)c1ccccc1. The van der Waals surface area contributed by atoms with Gasteiger partial charge in [0.15, 0.2) is 0 Å². The number of hydrogen-bond acceptors (Lipinski definition) is 0. The van der Waals surface area contributed by atoms with Crippen LogP contribution in [0.1, 0.15) is 18.1 Å². The van der Waals surface area contributed by atoms with Crippen molar-refractivity contribution in [3.8, 4) is 0 Å². The average molecular weight is 361 g/mol. The van der Waals surface area contributed by atoms with E-state index in [9.17, 15) is 0 Å². The van der Waals surface area contributed by atoms with Crippen molar-refractivity contribution >= 4 is 28.0 Å². The van der Waals surface area contributed by atoms with Crippen LogP contribution in [0.15, 0.2) is 109 Å². The second-order valence-electron chi connectivity index (χ2n) is 7.65. The predicted molar refractivity (Wildman–Crippen MR) is 124 cm³/mol. The van der Waals surface area contributed by atoms with E-state index in [4.69, 9.17) is 0 Å². The molecule has 4 aromatic carbocycles. The maximum absolute atomic E-state index is 2.36. The van der Waals surface area contributed by atoms with Gasteiger partial charge in [0.25, 0.3) is 0 Å². The Morgan fingerprint density at radius 3 is 1.39 bits per heavy atom. The van der Waals surface area contributed by atoms with Crippen molar-refractivity contribution in [2.75, 3.05) is 0 Å². The summed E-state index contributed by atoms with van der Waals surface area (Å²) in [5.74, 6) is 0. The summed E-state index contributed by atoms with van der Waals surface area (Å²) >= 11 is 0. The summed E-state index contributed by atoms with van der Waals surface area (Å²) in [4.78, 5) is 0. The van der Waals surface area contributed by atoms with Crippen LogP contribution in [-0.4, -0.2) is 6.15 Å². The third-order valence-corrected chi connectivity index (χ3v) is 6.04. The molecule has 0 heterocycles. The van der Waals surface area contributed by atoms with Crippen molar-refractivity contribution < 1.29 is 0 Å². The van der Waals surface area contributed by atoms with Crippen molar-refractivity contribution in [1.82, 2.24) is 0 Å². The molecule has 0 amide bonds. The fourth-order valence-electron chi connectivity index (χ4n) is 4.80. The number of aryl methyl sites for hydroxylation is 2. The number of benzene rings is 4. The van der Waals surface area contributed by atoms with Crippen molar-refractivity contribution in [3.05, 3.63) is 120 Å². The molecule has 0 saturated heterocycles. The second-order valence-corrected chi connectivity index (χ2v) is 7.65. The van der Waals surface area contributed by atoms with Gasteiger partial charge in [-0.15, -0.1) is 0 Å². The standard InChI is InChI=1S/C27H26B/c1-3-23-21-22(2)19-20-27(23)28(24-13-7-4-8-14-24,25-15-9-5-10-16-25)26-17-11-6-12-18-26/h4-21H,3H2,1-2H3/q-1. The van der Waals surface area contributed by atoms with Gasteiger partial charge in [-0.05, 0) is 13.3 Å². The minimum absolute atomic E-state index is 1.02. The van der Waals surface area contributed by atoms with E-state index in [1.807, 2.05) is 0 Å². The van der Waals surface area contributed by atoms with Crippen LogP contribution in [0.5, 0.6) is 0 Å². The van der Waals surface area contributed by atoms with Gasteiger partial charge in [-0.25, -0.2) is 0 Å². The molecule has 0 aromatic heterocycles. The first kappa shape index (κ1) is 18.3. The van der Waals surface area contributed by atoms with Crippen molar-refractivity contribution in [1.29, 1.82) is 0 Å². The Morgan fingerprint density at radius 1 is 0.571 bits per heavy atom. The maximum atomic E-state index is 2.36. The molecule has 138 valence electrons. The lowest BCUT2D eigenvalue weighted by atomic mass is 9.12. The van der Waals surface area contributed by atoms with Gasteiger partial charge >= 0.3 is 0 Å². The first-order valence-corrected chi connectivity index (χ1v) is 10.2. The maximum Gasteiger partial charge on any atom is 0.108 e. The Balaban J connectivity index is 2.17. The van der Waals surface area contributed by atoms with Crippen LogP contribution in [0.2, 0.25) is 0 Å². The first-order chi connectivity index (χ1) is 13.8. The van der Waals surface area contributed by atoms with Crippen LogP contribution in [0.4, 0.5) is 0 Å². The van der Waals surface area contributed by atoms with Crippen molar-refractivity contribution in [3.63, 3.8) is 0 Å². The Bertz CT molecular complexity index is 941. The van der Waals surface area contributed by atoms with Gasteiger partial charge in [0.1, 0.15) is 6.15 Å². The Morgan fingerprint density at radius 2 is 1.00 bits per heavy atom. The molecular weight excluding hydrogens is 335 g/mol. The van der Waals surface area contributed by atoms with E-state index in [1.54, 1.807) is 0 Å². The highest BCUT2D eigenvalue weighted by molar-refractivity contribution is 7.20. The normalized spacial score (nSPS) is 11.4. The molecule has 0 nitrogen and oxygen atoms in total. The average Bonchev–Trinajstić information content (AvgIpc) is 2.77. The van der Waals surface area contributed by atoms with Gasteiger partial charge in [-0.2, -0.15) is 21.9 Å². The molecular formula is C27H26B-. The number of rotatable bonds is 5. The van der Waals surface area contributed by atoms with Gasteiger partial charge in [0.05, 0.1) is 0 Å². The number of hydrogen-bond donors (Lipinski definition) is 0. The van der Waals surface area contributed by atoms with Crippen LogP contribution < -0.4 is 21.9 Å². The zero-order valence-corrected chi connectivity index (χ0v) is 16.7. The van der Waals surface area contributed by atoms with Crippen molar-refractivity contribution in [2.45, 2.75) is 20.3 Å².